The molecule has 2 aromatic rings. The van der Waals surface area contributed by atoms with Gasteiger partial charge in [0, 0.05) is 50.3 Å². The van der Waals surface area contributed by atoms with E-state index in [0.717, 1.165) is 62.5 Å². The molecule has 2 saturated heterocycles. The van der Waals surface area contributed by atoms with E-state index in [4.69, 9.17) is 4.98 Å². The van der Waals surface area contributed by atoms with Gasteiger partial charge in [0.2, 0.25) is 5.91 Å². The Balaban J connectivity index is 1.26. The molecule has 5 rings (SSSR count). The van der Waals surface area contributed by atoms with Crippen molar-refractivity contribution in [1.29, 1.82) is 0 Å². The van der Waals surface area contributed by atoms with E-state index in [1.807, 2.05) is 0 Å². The lowest BCUT2D eigenvalue weighted by molar-refractivity contribution is -0.116. The Morgan fingerprint density at radius 1 is 1.07 bits per heavy atom. The molecule has 30 heavy (non-hydrogen) atoms. The molecular weight excluding hydrogens is 378 g/mol. The summed E-state index contributed by atoms with van der Waals surface area (Å²) >= 11 is 0. The van der Waals surface area contributed by atoms with Crippen molar-refractivity contribution < 1.29 is 4.79 Å². The van der Waals surface area contributed by atoms with E-state index >= 15 is 0 Å². The van der Waals surface area contributed by atoms with Gasteiger partial charge in [-0.15, -0.1) is 0 Å². The lowest BCUT2D eigenvalue weighted by Crippen LogP contribution is -2.36. The Hall–Kier alpha value is -2.48. The van der Waals surface area contributed by atoms with E-state index in [0.29, 0.717) is 18.2 Å². The fraction of sp³-hybridized carbons (Fsp3) is 0.636. The highest BCUT2D eigenvalue weighted by Crippen LogP contribution is 2.33. The zero-order valence-corrected chi connectivity index (χ0v) is 17.8. The third kappa shape index (κ3) is 3.93. The lowest BCUT2D eigenvalue weighted by atomic mass is 9.95. The third-order valence-corrected chi connectivity index (χ3v) is 6.73. The van der Waals surface area contributed by atoms with E-state index in [9.17, 15) is 4.79 Å². The van der Waals surface area contributed by atoms with Gasteiger partial charge < -0.3 is 19.7 Å². The summed E-state index contributed by atoms with van der Waals surface area (Å²) in [4.78, 5) is 30.4. The minimum atomic E-state index is 0.0435. The van der Waals surface area contributed by atoms with Crippen LogP contribution < -0.4 is 10.2 Å². The molecule has 0 saturated carbocycles. The molecule has 160 valence electrons. The summed E-state index contributed by atoms with van der Waals surface area (Å²) in [6.07, 6.45) is 9.85. The first kappa shape index (κ1) is 19.5. The van der Waals surface area contributed by atoms with Crippen molar-refractivity contribution in [3.63, 3.8) is 0 Å². The van der Waals surface area contributed by atoms with Crippen LogP contribution in [-0.2, 0) is 17.8 Å². The summed E-state index contributed by atoms with van der Waals surface area (Å²) in [6, 6.07) is 0. The van der Waals surface area contributed by atoms with Gasteiger partial charge in [0.1, 0.15) is 23.8 Å². The van der Waals surface area contributed by atoms with Crippen molar-refractivity contribution in [1.82, 2.24) is 24.4 Å². The van der Waals surface area contributed by atoms with Crippen LogP contribution in [0.15, 0.2) is 12.5 Å². The summed E-state index contributed by atoms with van der Waals surface area (Å²) in [7, 11) is 0. The second kappa shape index (κ2) is 8.34. The smallest absolute Gasteiger partial charge is 0.225 e. The standard InChI is InChI=1S/C22H31N7O/c1-16-14-29(13-12-27-8-2-3-9-27)21(25-16)17-6-10-28(11-7-17)22-18-4-5-19(30)26-20(18)23-15-24-22/h14-15,17H,2-13H2,1H3,(H,23,24,26,30). The fourth-order valence-corrected chi connectivity index (χ4v) is 5.12. The number of carbonyl (C=O) groups is 1. The van der Waals surface area contributed by atoms with Crippen molar-refractivity contribution in [2.24, 2.45) is 0 Å². The summed E-state index contributed by atoms with van der Waals surface area (Å²) in [6.45, 7) is 8.67. The van der Waals surface area contributed by atoms with Gasteiger partial charge in [0.15, 0.2) is 0 Å². The van der Waals surface area contributed by atoms with Crippen molar-refractivity contribution >= 4 is 17.5 Å². The minimum absolute atomic E-state index is 0.0435. The highest BCUT2D eigenvalue weighted by Gasteiger charge is 2.28. The molecule has 0 unspecified atom stereocenters. The first-order valence-corrected chi connectivity index (χ1v) is 11.3. The number of aromatic nitrogens is 4. The number of anilines is 2. The number of rotatable bonds is 5. The highest BCUT2D eigenvalue weighted by molar-refractivity contribution is 5.93. The number of hydrogen-bond donors (Lipinski definition) is 1. The predicted octanol–water partition coefficient (Wildman–Crippen LogP) is 2.35. The molecule has 0 radical (unpaired) electrons. The summed E-state index contributed by atoms with van der Waals surface area (Å²) < 4.78 is 2.40. The van der Waals surface area contributed by atoms with Crippen LogP contribution in [0.25, 0.3) is 0 Å². The Kier molecular flexibility index (Phi) is 5.41. The van der Waals surface area contributed by atoms with Gasteiger partial charge in [-0.2, -0.15) is 0 Å². The molecule has 3 aliphatic heterocycles. The Morgan fingerprint density at radius 3 is 2.67 bits per heavy atom. The zero-order chi connectivity index (χ0) is 20.5. The monoisotopic (exact) mass is 409 g/mol. The average Bonchev–Trinajstić information content (AvgIpc) is 3.41. The number of hydrogen-bond acceptors (Lipinski definition) is 6. The number of aryl methyl sites for hydroxylation is 1. The number of fused-ring (bicyclic) bond motifs is 1. The lowest BCUT2D eigenvalue weighted by Gasteiger charge is -2.34. The quantitative estimate of drug-likeness (QED) is 0.817. The first-order chi connectivity index (χ1) is 14.7. The van der Waals surface area contributed by atoms with Crippen LogP contribution in [0.5, 0.6) is 0 Å². The minimum Gasteiger partial charge on any atom is -0.356 e. The van der Waals surface area contributed by atoms with Crippen LogP contribution in [0.1, 0.15) is 55.1 Å². The Labute approximate surface area is 177 Å². The molecule has 8 nitrogen and oxygen atoms in total. The van der Waals surface area contributed by atoms with E-state index in [-0.39, 0.29) is 5.91 Å². The van der Waals surface area contributed by atoms with Gasteiger partial charge in [-0.3, -0.25) is 4.79 Å². The largest absolute Gasteiger partial charge is 0.356 e. The number of nitrogens with one attached hydrogen (secondary N) is 1. The molecular formula is C22H31N7O. The molecule has 3 aliphatic rings. The van der Waals surface area contributed by atoms with Gasteiger partial charge in [0.25, 0.3) is 0 Å². The number of imidazole rings is 1. The van der Waals surface area contributed by atoms with E-state index in [1.54, 1.807) is 6.33 Å². The number of carbonyl (C=O) groups excluding carboxylic acids is 1. The summed E-state index contributed by atoms with van der Waals surface area (Å²) in [5, 5.41) is 2.89. The van der Waals surface area contributed by atoms with Crippen LogP contribution in [-0.4, -0.2) is 63.0 Å². The zero-order valence-electron chi connectivity index (χ0n) is 17.8. The number of nitrogens with zero attached hydrogens (tertiary/aromatic N) is 6. The van der Waals surface area contributed by atoms with Crippen LogP contribution in [0.4, 0.5) is 11.6 Å². The van der Waals surface area contributed by atoms with Gasteiger partial charge in [-0.1, -0.05) is 0 Å². The molecule has 2 fully saturated rings. The Bertz CT molecular complexity index is 910. The van der Waals surface area contributed by atoms with E-state index in [1.165, 1.54) is 31.8 Å². The summed E-state index contributed by atoms with van der Waals surface area (Å²) in [5.74, 6) is 3.47. The SMILES string of the molecule is Cc1cn(CCN2CCCC2)c(C2CCN(c3ncnc4c3CCC(=O)N4)CC2)n1. The fourth-order valence-electron chi connectivity index (χ4n) is 5.12. The number of piperidine rings is 1. The molecule has 5 heterocycles. The maximum absolute atomic E-state index is 11.7. The topological polar surface area (TPSA) is 79.2 Å². The normalized spacial score (nSPS) is 20.4. The molecule has 1 amide bonds. The van der Waals surface area contributed by atoms with Crippen molar-refractivity contribution in [2.45, 2.75) is 57.9 Å². The Morgan fingerprint density at radius 2 is 1.87 bits per heavy atom. The average molecular weight is 410 g/mol. The predicted molar refractivity (Wildman–Crippen MR) is 116 cm³/mol. The van der Waals surface area contributed by atoms with Gasteiger partial charge in [0.05, 0.1) is 5.69 Å². The molecule has 0 aromatic carbocycles. The number of amides is 1. The van der Waals surface area contributed by atoms with Gasteiger partial charge in [-0.25, -0.2) is 15.0 Å². The van der Waals surface area contributed by atoms with Crippen LogP contribution in [0.2, 0.25) is 0 Å². The number of likely N-dealkylation sites (tertiary alicyclic amines) is 1. The van der Waals surface area contributed by atoms with Crippen LogP contribution >= 0.6 is 0 Å². The van der Waals surface area contributed by atoms with Crippen molar-refractivity contribution in [2.75, 3.05) is 42.9 Å². The van der Waals surface area contributed by atoms with Crippen molar-refractivity contribution in [3.05, 3.63) is 29.6 Å². The van der Waals surface area contributed by atoms with E-state index < -0.39 is 0 Å². The molecule has 2 aromatic heterocycles. The molecule has 0 bridgehead atoms. The first-order valence-electron chi connectivity index (χ1n) is 11.3. The van der Waals surface area contributed by atoms with Crippen molar-refractivity contribution in [3.8, 4) is 0 Å². The maximum Gasteiger partial charge on any atom is 0.225 e. The third-order valence-electron chi connectivity index (χ3n) is 6.73. The molecule has 1 N–H and O–H groups in total. The molecule has 8 heteroatoms. The highest BCUT2D eigenvalue weighted by atomic mass is 16.1. The maximum atomic E-state index is 11.7. The van der Waals surface area contributed by atoms with Gasteiger partial charge in [-0.05, 0) is 52.1 Å². The van der Waals surface area contributed by atoms with Gasteiger partial charge >= 0.3 is 0 Å². The second-order valence-corrected chi connectivity index (χ2v) is 8.82. The van der Waals surface area contributed by atoms with Crippen LogP contribution in [0, 0.1) is 6.92 Å². The second-order valence-electron chi connectivity index (χ2n) is 8.82. The molecule has 0 atom stereocenters. The molecule has 0 aliphatic carbocycles. The van der Waals surface area contributed by atoms with E-state index in [2.05, 4.69) is 42.8 Å². The summed E-state index contributed by atoms with van der Waals surface area (Å²) in [5.41, 5.74) is 2.20. The molecule has 0 spiro atoms. The van der Waals surface area contributed by atoms with Crippen LogP contribution in [0.3, 0.4) is 0 Å².